The summed E-state index contributed by atoms with van der Waals surface area (Å²) in [6.07, 6.45) is 0. The maximum atomic E-state index is 5.34. The third-order valence-electron chi connectivity index (χ3n) is 9.39. The molecule has 0 radical (unpaired) electrons. The van der Waals surface area contributed by atoms with Crippen molar-refractivity contribution >= 4 is 43.7 Å². The van der Waals surface area contributed by atoms with Crippen molar-refractivity contribution in [1.29, 1.82) is 0 Å². The number of aromatic nitrogens is 6. The molecule has 0 atom stereocenters. The first kappa shape index (κ1) is 28.1. The van der Waals surface area contributed by atoms with Crippen LogP contribution < -0.4 is 0 Å². The van der Waals surface area contributed by atoms with Crippen LogP contribution in [-0.4, -0.2) is 29.1 Å². The van der Waals surface area contributed by atoms with Crippen LogP contribution in [0, 0.1) is 0 Å². The van der Waals surface area contributed by atoms with Gasteiger partial charge in [-0.05, 0) is 42.5 Å². The fourth-order valence-corrected chi connectivity index (χ4v) is 7.08. The lowest BCUT2D eigenvalue weighted by Crippen LogP contribution is -2.06. The van der Waals surface area contributed by atoms with Crippen LogP contribution >= 0.6 is 0 Å². The third kappa shape index (κ3) is 4.50. The van der Waals surface area contributed by atoms with Gasteiger partial charge in [0.05, 0.1) is 22.2 Å². The summed E-state index contributed by atoms with van der Waals surface area (Å²) in [5.41, 5.74) is 8.92. The first-order chi connectivity index (χ1) is 24.8. The first-order valence-corrected chi connectivity index (χ1v) is 16.7. The van der Waals surface area contributed by atoms with E-state index in [1.54, 1.807) is 0 Å². The number of para-hydroxylation sites is 3. The van der Waals surface area contributed by atoms with Crippen LogP contribution in [-0.2, 0) is 0 Å². The van der Waals surface area contributed by atoms with Crippen LogP contribution in [0.5, 0.6) is 0 Å². The van der Waals surface area contributed by atoms with Crippen molar-refractivity contribution in [2.75, 3.05) is 0 Å². The van der Waals surface area contributed by atoms with E-state index < -0.39 is 0 Å². The molecule has 0 aliphatic carbocycles. The van der Waals surface area contributed by atoms with Gasteiger partial charge < -0.3 is 0 Å². The van der Waals surface area contributed by atoms with Gasteiger partial charge in [-0.15, -0.1) is 0 Å². The maximum Gasteiger partial charge on any atom is 0.238 e. The van der Waals surface area contributed by atoms with Gasteiger partial charge in [-0.25, -0.2) is 9.97 Å². The van der Waals surface area contributed by atoms with Crippen molar-refractivity contribution < 1.29 is 0 Å². The number of benzene rings is 6. The van der Waals surface area contributed by atoms with Crippen LogP contribution in [0.2, 0.25) is 0 Å². The molecule has 0 spiro atoms. The molecule has 4 heterocycles. The zero-order valence-electron chi connectivity index (χ0n) is 26.8. The summed E-state index contributed by atoms with van der Waals surface area (Å²) in [5, 5.41) is 4.55. The summed E-state index contributed by atoms with van der Waals surface area (Å²) in [6, 6.07) is 58.5. The molecule has 50 heavy (non-hydrogen) atoms. The molecule has 6 nitrogen and oxygen atoms in total. The number of hydrogen-bond donors (Lipinski definition) is 0. The van der Waals surface area contributed by atoms with E-state index in [0.717, 1.165) is 66.4 Å². The lowest BCUT2D eigenvalue weighted by Gasteiger charge is -2.11. The molecule has 6 aromatic carbocycles. The number of hydrogen-bond acceptors (Lipinski definition) is 4. The van der Waals surface area contributed by atoms with Crippen molar-refractivity contribution in [2.45, 2.75) is 0 Å². The van der Waals surface area contributed by atoms with E-state index in [9.17, 15) is 0 Å². The highest BCUT2D eigenvalue weighted by atomic mass is 15.2. The van der Waals surface area contributed by atoms with Gasteiger partial charge in [0.25, 0.3) is 0 Å². The monoisotopic (exact) mass is 640 g/mol. The Hall–Kier alpha value is -6.92. The predicted octanol–water partition coefficient (Wildman–Crippen LogP) is 10.5. The minimum atomic E-state index is 0.564. The third-order valence-corrected chi connectivity index (χ3v) is 9.39. The van der Waals surface area contributed by atoms with Crippen molar-refractivity contribution in [2.24, 2.45) is 0 Å². The van der Waals surface area contributed by atoms with Gasteiger partial charge in [0.1, 0.15) is 5.65 Å². The Kier molecular flexibility index (Phi) is 6.39. The van der Waals surface area contributed by atoms with Crippen LogP contribution in [0.4, 0.5) is 0 Å². The molecule has 0 unspecified atom stereocenters. The van der Waals surface area contributed by atoms with Gasteiger partial charge in [-0.2, -0.15) is 9.97 Å². The average Bonchev–Trinajstić information content (AvgIpc) is 3.71. The highest BCUT2D eigenvalue weighted by Crippen LogP contribution is 2.37. The number of nitrogens with zero attached hydrogens (tertiary/aromatic N) is 6. The van der Waals surface area contributed by atoms with E-state index in [0.29, 0.717) is 17.6 Å². The standard InChI is InChI=1S/C44H28N6/c1-4-14-29(15-5-1)41-46-42(30-16-6-2-7-17-30)48-44(47-41)50-39-23-13-10-20-33(39)35-25-24-31(28-40(35)50)37-27-26-36-34-21-11-12-22-38(34)49(43(36)45-37)32-18-8-3-9-19-32/h1-28H. The Bertz CT molecular complexity index is 2800. The van der Waals surface area contributed by atoms with Gasteiger partial charge in [0, 0.05) is 43.9 Å². The summed E-state index contributed by atoms with van der Waals surface area (Å²) >= 11 is 0. The van der Waals surface area contributed by atoms with E-state index in [-0.39, 0.29) is 0 Å². The molecule has 10 rings (SSSR count). The first-order valence-electron chi connectivity index (χ1n) is 16.7. The van der Waals surface area contributed by atoms with Crippen LogP contribution in [0.3, 0.4) is 0 Å². The number of rotatable bonds is 5. The predicted molar refractivity (Wildman–Crippen MR) is 203 cm³/mol. The number of pyridine rings is 1. The fraction of sp³-hybridized carbons (Fsp3) is 0. The molecule has 0 saturated carbocycles. The van der Waals surface area contributed by atoms with Crippen LogP contribution in [0.15, 0.2) is 170 Å². The summed E-state index contributed by atoms with van der Waals surface area (Å²) in [5.74, 6) is 1.81. The molecule has 10 aromatic rings. The summed E-state index contributed by atoms with van der Waals surface area (Å²) in [4.78, 5) is 20.5. The van der Waals surface area contributed by atoms with Gasteiger partial charge >= 0.3 is 0 Å². The van der Waals surface area contributed by atoms with Gasteiger partial charge in [0.15, 0.2) is 11.6 Å². The van der Waals surface area contributed by atoms with E-state index in [1.165, 1.54) is 5.39 Å². The molecule has 0 saturated heterocycles. The highest BCUT2D eigenvalue weighted by Gasteiger charge is 2.19. The molecular formula is C44H28N6. The van der Waals surface area contributed by atoms with E-state index in [4.69, 9.17) is 19.9 Å². The minimum Gasteiger partial charge on any atom is -0.294 e. The second-order valence-electron chi connectivity index (χ2n) is 12.4. The summed E-state index contributed by atoms with van der Waals surface area (Å²) in [6.45, 7) is 0. The van der Waals surface area contributed by atoms with E-state index in [1.807, 2.05) is 66.7 Å². The second-order valence-corrected chi connectivity index (χ2v) is 12.4. The molecule has 6 heteroatoms. The maximum absolute atomic E-state index is 5.34. The Morgan fingerprint density at radius 1 is 0.340 bits per heavy atom. The topological polar surface area (TPSA) is 61.4 Å². The van der Waals surface area contributed by atoms with Crippen molar-refractivity contribution in [3.8, 4) is 45.7 Å². The van der Waals surface area contributed by atoms with Gasteiger partial charge in [-0.3, -0.25) is 9.13 Å². The quantitative estimate of drug-likeness (QED) is 0.188. The molecule has 0 aliphatic rings. The number of fused-ring (bicyclic) bond motifs is 6. The lowest BCUT2D eigenvalue weighted by atomic mass is 10.1. The fourth-order valence-electron chi connectivity index (χ4n) is 7.08. The highest BCUT2D eigenvalue weighted by molar-refractivity contribution is 6.11. The van der Waals surface area contributed by atoms with Crippen LogP contribution in [0.25, 0.3) is 89.4 Å². The normalized spacial score (nSPS) is 11.6. The average molecular weight is 641 g/mol. The van der Waals surface area contributed by atoms with Crippen molar-refractivity contribution in [1.82, 2.24) is 29.1 Å². The molecule has 4 aromatic heterocycles. The van der Waals surface area contributed by atoms with Crippen LogP contribution in [0.1, 0.15) is 0 Å². The SMILES string of the molecule is c1ccc(-c2nc(-c3ccccc3)nc(-n3c4ccccc4c4ccc(-c5ccc6c7ccccc7n(-c7ccccc7)c6n5)cc43)n2)cc1. The van der Waals surface area contributed by atoms with E-state index in [2.05, 4.69) is 112 Å². The largest absolute Gasteiger partial charge is 0.294 e. The second kappa shape index (κ2) is 11.4. The van der Waals surface area contributed by atoms with Crippen molar-refractivity contribution in [3.63, 3.8) is 0 Å². The molecular weight excluding hydrogens is 613 g/mol. The Labute approximate surface area is 287 Å². The Balaban J connectivity index is 1.22. The smallest absolute Gasteiger partial charge is 0.238 e. The van der Waals surface area contributed by atoms with Gasteiger partial charge in [-0.1, -0.05) is 127 Å². The lowest BCUT2D eigenvalue weighted by molar-refractivity contribution is 0.953. The molecule has 0 amide bonds. The van der Waals surface area contributed by atoms with Crippen molar-refractivity contribution in [3.05, 3.63) is 170 Å². The Morgan fingerprint density at radius 3 is 1.52 bits per heavy atom. The molecule has 0 fully saturated rings. The molecule has 234 valence electrons. The summed E-state index contributed by atoms with van der Waals surface area (Å²) in [7, 11) is 0. The molecule has 0 aliphatic heterocycles. The Morgan fingerprint density at radius 2 is 0.860 bits per heavy atom. The van der Waals surface area contributed by atoms with Gasteiger partial charge in [0.2, 0.25) is 5.95 Å². The van der Waals surface area contributed by atoms with E-state index >= 15 is 0 Å². The minimum absolute atomic E-state index is 0.564. The molecule has 0 bridgehead atoms. The zero-order valence-corrected chi connectivity index (χ0v) is 26.8. The zero-order chi connectivity index (χ0) is 33.0. The summed E-state index contributed by atoms with van der Waals surface area (Å²) < 4.78 is 4.42. The molecule has 0 N–H and O–H groups in total.